The van der Waals surface area contributed by atoms with Gasteiger partial charge in [0.1, 0.15) is 6.10 Å². The number of carbonyl (C=O) groups is 1. The van der Waals surface area contributed by atoms with Gasteiger partial charge in [-0.1, -0.05) is 19.3 Å². The van der Waals surface area contributed by atoms with E-state index in [2.05, 4.69) is 5.32 Å². The van der Waals surface area contributed by atoms with Crippen LogP contribution < -0.4 is 5.32 Å². The number of nitrogens with zero attached hydrogens (tertiary/aromatic N) is 1. The smallest absolute Gasteiger partial charge is 0.252 e. The lowest BCUT2D eigenvalue weighted by Gasteiger charge is -2.31. The molecule has 4 nitrogen and oxygen atoms in total. The number of likely N-dealkylation sites (N-methyl/N-ethyl adjacent to an activating group) is 1. The van der Waals surface area contributed by atoms with Crippen LogP contribution in [-0.4, -0.2) is 50.2 Å². The molecule has 1 aliphatic carbocycles. The molecule has 0 radical (unpaired) electrons. The minimum absolute atomic E-state index is 0.141. The van der Waals surface area contributed by atoms with Gasteiger partial charge in [0.15, 0.2) is 0 Å². The summed E-state index contributed by atoms with van der Waals surface area (Å²) in [5.41, 5.74) is 0. The number of hydrogen-bond acceptors (Lipinski definition) is 3. The minimum Gasteiger partial charge on any atom is -0.366 e. The van der Waals surface area contributed by atoms with Crippen molar-refractivity contribution in [1.29, 1.82) is 0 Å². The summed E-state index contributed by atoms with van der Waals surface area (Å²) in [6.07, 6.45) is 6.31. The van der Waals surface area contributed by atoms with Gasteiger partial charge in [0.25, 0.3) is 5.91 Å². The maximum atomic E-state index is 12.1. The molecule has 4 heteroatoms. The van der Waals surface area contributed by atoms with Crippen LogP contribution in [0, 0.1) is 5.92 Å². The van der Waals surface area contributed by atoms with Gasteiger partial charge in [-0.3, -0.25) is 4.79 Å². The highest BCUT2D eigenvalue weighted by molar-refractivity contribution is 5.81. The lowest BCUT2D eigenvalue weighted by atomic mass is 9.89. The highest BCUT2D eigenvalue weighted by Crippen LogP contribution is 2.24. The number of rotatable bonds is 3. The lowest BCUT2D eigenvalue weighted by Crippen LogP contribution is -2.49. The van der Waals surface area contributed by atoms with Gasteiger partial charge in [-0.15, -0.1) is 0 Å². The van der Waals surface area contributed by atoms with Crippen LogP contribution in [0.5, 0.6) is 0 Å². The molecule has 98 valence electrons. The van der Waals surface area contributed by atoms with E-state index < -0.39 is 0 Å². The number of ether oxygens (including phenoxy) is 1. The third-order valence-electron chi connectivity index (χ3n) is 3.84. The molecular formula is C13H24N2O2. The Bertz CT molecular complexity index is 246. The zero-order valence-corrected chi connectivity index (χ0v) is 10.8. The normalized spacial score (nSPS) is 26.8. The Kier molecular flexibility index (Phi) is 4.80. The van der Waals surface area contributed by atoms with E-state index in [1.165, 1.54) is 32.1 Å². The van der Waals surface area contributed by atoms with Crippen LogP contribution in [0.2, 0.25) is 0 Å². The van der Waals surface area contributed by atoms with Crippen molar-refractivity contribution >= 4 is 5.91 Å². The van der Waals surface area contributed by atoms with Crippen LogP contribution in [0.4, 0.5) is 0 Å². The number of morpholine rings is 1. The molecule has 0 bridgehead atoms. The molecule has 1 saturated carbocycles. The van der Waals surface area contributed by atoms with Crippen LogP contribution in [-0.2, 0) is 9.53 Å². The van der Waals surface area contributed by atoms with Gasteiger partial charge in [-0.2, -0.15) is 0 Å². The Balaban J connectivity index is 1.77. The fraction of sp³-hybridized carbons (Fsp3) is 0.923. The van der Waals surface area contributed by atoms with Crippen molar-refractivity contribution in [3.63, 3.8) is 0 Å². The molecule has 1 aliphatic heterocycles. The Morgan fingerprint density at radius 1 is 1.35 bits per heavy atom. The first-order chi connectivity index (χ1) is 8.27. The number of amides is 1. The second-order valence-electron chi connectivity index (χ2n) is 5.29. The molecule has 1 atom stereocenters. The lowest BCUT2D eigenvalue weighted by molar-refractivity contribution is -0.144. The van der Waals surface area contributed by atoms with E-state index in [9.17, 15) is 4.79 Å². The fourth-order valence-electron chi connectivity index (χ4n) is 2.82. The van der Waals surface area contributed by atoms with Gasteiger partial charge < -0.3 is 15.0 Å². The van der Waals surface area contributed by atoms with Crippen molar-refractivity contribution in [2.24, 2.45) is 5.92 Å². The van der Waals surface area contributed by atoms with Gasteiger partial charge in [0.05, 0.1) is 6.61 Å². The third-order valence-corrected chi connectivity index (χ3v) is 3.84. The van der Waals surface area contributed by atoms with Gasteiger partial charge in [-0.25, -0.2) is 0 Å². The van der Waals surface area contributed by atoms with E-state index >= 15 is 0 Å². The van der Waals surface area contributed by atoms with Crippen molar-refractivity contribution in [1.82, 2.24) is 10.2 Å². The summed E-state index contributed by atoms with van der Waals surface area (Å²) in [6.45, 7) is 3.07. The summed E-state index contributed by atoms with van der Waals surface area (Å²) in [7, 11) is 1.91. The Hall–Kier alpha value is -0.610. The zero-order chi connectivity index (χ0) is 12.1. The molecule has 0 spiro atoms. The van der Waals surface area contributed by atoms with E-state index in [-0.39, 0.29) is 12.0 Å². The minimum atomic E-state index is -0.266. The standard InChI is InChI=1S/C13H24N2O2/c1-15(10-11-5-3-2-4-6-11)13(16)12-9-14-7-8-17-12/h11-12,14H,2-10H2,1H3. The molecule has 1 amide bonds. The van der Waals surface area contributed by atoms with Crippen LogP contribution >= 0.6 is 0 Å². The summed E-state index contributed by atoms with van der Waals surface area (Å²) in [5.74, 6) is 0.844. The van der Waals surface area contributed by atoms with E-state index in [4.69, 9.17) is 4.74 Å². The molecule has 2 fully saturated rings. The molecule has 0 aromatic carbocycles. The molecule has 2 aliphatic rings. The van der Waals surface area contributed by atoms with Crippen molar-refractivity contribution < 1.29 is 9.53 Å². The van der Waals surface area contributed by atoms with Crippen molar-refractivity contribution in [3.8, 4) is 0 Å². The van der Waals surface area contributed by atoms with E-state index in [1.54, 1.807) is 0 Å². The Morgan fingerprint density at radius 3 is 2.76 bits per heavy atom. The van der Waals surface area contributed by atoms with Gasteiger partial charge in [-0.05, 0) is 18.8 Å². The summed E-state index contributed by atoms with van der Waals surface area (Å²) in [6, 6.07) is 0. The first kappa shape index (κ1) is 12.8. The molecule has 1 N–H and O–H groups in total. The van der Waals surface area contributed by atoms with E-state index in [0.717, 1.165) is 13.1 Å². The Morgan fingerprint density at radius 2 is 2.12 bits per heavy atom. The van der Waals surface area contributed by atoms with Gasteiger partial charge >= 0.3 is 0 Å². The second-order valence-corrected chi connectivity index (χ2v) is 5.29. The SMILES string of the molecule is CN(CC1CCCCC1)C(=O)C1CNCCO1. The zero-order valence-electron chi connectivity index (χ0n) is 10.8. The van der Waals surface area contributed by atoms with Crippen molar-refractivity contribution in [2.75, 3.05) is 33.3 Å². The maximum Gasteiger partial charge on any atom is 0.252 e. The summed E-state index contributed by atoms with van der Waals surface area (Å²) in [4.78, 5) is 14.0. The molecule has 1 unspecified atom stereocenters. The molecule has 0 aromatic rings. The number of hydrogen-bond donors (Lipinski definition) is 1. The summed E-state index contributed by atoms with van der Waals surface area (Å²) in [5, 5.41) is 3.20. The average Bonchev–Trinajstić information content (AvgIpc) is 2.40. The van der Waals surface area contributed by atoms with E-state index in [1.807, 2.05) is 11.9 Å². The topological polar surface area (TPSA) is 41.6 Å². The summed E-state index contributed by atoms with van der Waals surface area (Å²) >= 11 is 0. The number of nitrogens with one attached hydrogen (secondary N) is 1. The summed E-state index contributed by atoms with van der Waals surface area (Å²) < 4.78 is 5.50. The first-order valence-corrected chi connectivity index (χ1v) is 6.84. The quantitative estimate of drug-likeness (QED) is 0.800. The van der Waals surface area contributed by atoms with Gasteiger partial charge in [0, 0.05) is 26.7 Å². The largest absolute Gasteiger partial charge is 0.366 e. The molecule has 2 rings (SSSR count). The first-order valence-electron chi connectivity index (χ1n) is 6.84. The average molecular weight is 240 g/mol. The van der Waals surface area contributed by atoms with Crippen LogP contribution in [0.15, 0.2) is 0 Å². The van der Waals surface area contributed by atoms with E-state index in [0.29, 0.717) is 19.1 Å². The molecule has 17 heavy (non-hydrogen) atoms. The Labute approximate surface area is 104 Å². The van der Waals surface area contributed by atoms with Crippen LogP contribution in [0.3, 0.4) is 0 Å². The van der Waals surface area contributed by atoms with Gasteiger partial charge in [0.2, 0.25) is 0 Å². The molecule has 1 heterocycles. The van der Waals surface area contributed by atoms with Crippen molar-refractivity contribution in [2.45, 2.75) is 38.2 Å². The monoisotopic (exact) mass is 240 g/mol. The molecular weight excluding hydrogens is 216 g/mol. The predicted molar refractivity (Wildman–Crippen MR) is 66.8 cm³/mol. The van der Waals surface area contributed by atoms with Crippen LogP contribution in [0.25, 0.3) is 0 Å². The van der Waals surface area contributed by atoms with Crippen LogP contribution in [0.1, 0.15) is 32.1 Å². The highest BCUT2D eigenvalue weighted by atomic mass is 16.5. The molecule has 0 aromatic heterocycles. The predicted octanol–water partition coefficient (Wildman–Crippen LogP) is 1.01. The second kappa shape index (κ2) is 6.36. The third kappa shape index (κ3) is 3.68. The molecule has 1 saturated heterocycles. The fourth-order valence-corrected chi connectivity index (χ4v) is 2.82. The maximum absolute atomic E-state index is 12.1. The van der Waals surface area contributed by atoms with Crippen molar-refractivity contribution in [3.05, 3.63) is 0 Å². The highest BCUT2D eigenvalue weighted by Gasteiger charge is 2.26. The number of carbonyl (C=O) groups excluding carboxylic acids is 1.